The second kappa shape index (κ2) is 71.3. The minimum absolute atomic E-state index is 0.0232. The second-order valence-electron chi connectivity index (χ2n) is 26.4. The van der Waals surface area contributed by atoms with Gasteiger partial charge >= 0.3 is 5.97 Å². The summed E-state index contributed by atoms with van der Waals surface area (Å²) in [7, 11) is 0. The van der Waals surface area contributed by atoms with Crippen LogP contribution >= 0.6 is 0 Å². The standard InChI is InChI=1S/C75H149NO5/c1-3-5-7-9-11-13-15-17-19-20-21-30-33-36-40-43-47-51-55-59-63-67-73(78)72(71-77)76-74(79)68-64-60-56-52-48-44-41-37-34-31-28-26-24-22-23-25-27-29-32-35-38-42-46-50-54-58-62-66-70-81-75(80)69-65-61-57-53-49-45-39-18-16-14-12-10-8-6-4-2/h72-73,77-78H,3-71H2,1-2H3,(H,76,79). The number of esters is 1. The van der Waals surface area contributed by atoms with Gasteiger partial charge in [-0.25, -0.2) is 0 Å². The number of carbonyl (C=O) groups is 2. The minimum Gasteiger partial charge on any atom is -0.466 e. The zero-order valence-electron chi connectivity index (χ0n) is 55.6. The maximum absolute atomic E-state index is 12.6. The van der Waals surface area contributed by atoms with Gasteiger partial charge in [-0.3, -0.25) is 9.59 Å². The highest BCUT2D eigenvalue weighted by Gasteiger charge is 2.20. The van der Waals surface area contributed by atoms with Crippen molar-refractivity contribution in [2.24, 2.45) is 0 Å². The first-order valence-electron chi connectivity index (χ1n) is 37.8. The van der Waals surface area contributed by atoms with Crippen molar-refractivity contribution in [3.05, 3.63) is 0 Å². The lowest BCUT2D eigenvalue weighted by atomic mass is 10.0. The van der Waals surface area contributed by atoms with Gasteiger partial charge in [0.05, 0.1) is 25.4 Å². The van der Waals surface area contributed by atoms with Crippen molar-refractivity contribution >= 4 is 11.9 Å². The largest absolute Gasteiger partial charge is 0.466 e. The van der Waals surface area contributed by atoms with E-state index in [2.05, 4.69) is 19.2 Å². The predicted octanol–water partition coefficient (Wildman–Crippen LogP) is 24.5. The van der Waals surface area contributed by atoms with Gasteiger partial charge in [-0.05, 0) is 25.7 Å². The Labute approximate surface area is 508 Å². The van der Waals surface area contributed by atoms with Crippen LogP contribution in [0.2, 0.25) is 0 Å². The van der Waals surface area contributed by atoms with Crippen LogP contribution in [0.5, 0.6) is 0 Å². The van der Waals surface area contributed by atoms with E-state index in [1.807, 2.05) is 0 Å². The first-order chi connectivity index (χ1) is 40.0. The summed E-state index contributed by atoms with van der Waals surface area (Å²) >= 11 is 0. The molecule has 0 aliphatic heterocycles. The van der Waals surface area contributed by atoms with Gasteiger partial charge in [0.1, 0.15) is 0 Å². The van der Waals surface area contributed by atoms with Crippen molar-refractivity contribution in [1.82, 2.24) is 5.32 Å². The molecule has 6 heteroatoms. The summed E-state index contributed by atoms with van der Waals surface area (Å²) in [6.07, 6.45) is 87.4. The summed E-state index contributed by atoms with van der Waals surface area (Å²) in [6.45, 7) is 5.01. The summed E-state index contributed by atoms with van der Waals surface area (Å²) in [4.78, 5) is 24.6. The second-order valence-corrected chi connectivity index (χ2v) is 26.4. The molecule has 0 aromatic carbocycles. The van der Waals surface area contributed by atoms with Crippen LogP contribution in [0, 0.1) is 0 Å². The van der Waals surface area contributed by atoms with Gasteiger partial charge in [-0.1, -0.05) is 406 Å². The van der Waals surface area contributed by atoms with E-state index in [-0.39, 0.29) is 18.5 Å². The number of carbonyl (C=O) groups excluding carboxylic acids is 2. The topological polar surface area (TPSA) is 95.9 Å². The fourth-order valence-electron chi connectivity index (χ4n) is 12.4. The molecule has 0 fully saturated rings. The third-order valence-electron chi connectivity index (χ3n) is 18.2. The molecule has 1 amide bonds. The summed E-state index contributed by atoms with van der Waals surface area (Å²) in [5.41, 5.74) is 0. The zero-order chi connectivity index (χ0) is 58.5. The van der Waals surface area contributed by atoms with Crippen LogP contribution < -0.4 is 5.32 Å². The average molecular weight is 1150 g/mol. The lowest BCUT2D eigenvalue weighted by Gasteiger charge is -2.22. The van der Waals surface area contributed by atoms with Crippen LogP contribution in [-0.2, 0) is 14.3 Å². The molecule has 3 N–H and O–H groups in total. The van der Waals surface area contributed by atoms with E-state index in [0.717, 1.165) is 38.5 Å². The summed E-state index contributed by atoms with van der Waals surface area (Å²) in [5.74, 6) is -0.00272. The molecule has 0 radical (unpaired) electrons. The first kappa shape index (κ1) is 79.9. The Morgan fingerprint density at radius 1 is 0.296 bits per heavy atom. The monoisotopic (exact) mass is 1140 g/mol. The lowest BCUT2D eigenvalue weighted by molar-refractivity contribution is -0.143. The molecule has 0 spiro atoms. The molecule has 0 aromatic heterocycles. The van der Waals surface area contributed by atoms with E-state index < -0.39 is 12.1 Å². The number of hydrogen-bond donors (Lipinski definition) is 3. The van der Waals surface area contributed by atoms with Crippen molar-refractivity contribution in [3.63, 3.8) is 0 Å². The molecule has 484 valence electrons. The highest BCUT2D eigenvalue weighted by molar-refractivity contribution is 5.76. The maximum atomic E-state index is 12.6. The highest BCUT2D eigenvalue weighted by Crippen LogP contribution is 2.20. The number of aliphatic hydroxyl groups excluding tert-OH is 2. The van der Waals surface area contributed by atoms with E-state index in [1.54, 1.807) is 0 Å². The molecule has 0 aliphatic rings. The quantitative estimate of drug-likeness (QED) is 0.0417. The molecule has 81 heavy (non-hydrogen) atoms. The van der Waals surface area contributed by atoms with E-state index in [1.165, 1.54) is 372 Å². The van der Waals surface area contributed by atoms with Gasteiger partial charge in [-0.2, -0.15) is 0 Å². The first-order valence-corrected chi connectivity index (χ1v) is 37.8. The van der Waals surface area contributed by atoms with E-state index >= 15 is 0 Å². The number of ether oxygens (including phenoxy) is 1. The predicted molar refractivity (Wildman–Crippen MR) is 357 cm³/mol. The molecule has 0 aromatic rings. The number of hydrogen-bond acceptors (Lipinski definition) is 5. The number of rotatable bonds is 72. The number of unbranched alkanes of at least 4 members (excludes halogenated alkanes) is 61. The van der Waals surface area contributed by atoms with Crippen molar-refractivity contribution in [3.8, 4) is 0 Å². The van der Waals surface area contributed by atoms with Crippen molar-refractivity contribution < 1.29 is 24.5 Å². The van der Waals surface area contributed by atoms with Gasteiger partial charge in [0.15, 0.2) is 0 Å². The minimum atomic E-state index is -0.662. The van der Waals surface area contributed by atoms with Crippen LogP contribution in [0.25, 0.3) is 0 Å². The third kappa shape index (κ3) is 67.9. The highest BCUT2D eigenvalue weighted by atomic mass is 16.5. The lowest BCUT2D eigenvalue weighted by Crippen LogP contribution is -2.45. The smallest absolute Gasteiger partial charge is 0.305 e. The average Bonchev–Trinajstić information content (AvgIpc) is 3.47. The molecule has 2 atom stereocenters. The zero-order valence-corrected chi connectivity index (χ0v) is 55.6. The molecular formula is C75H149NO5. The third-order valence-corrected chi connectivity index (χ3v) is 18.2. The van der Waals surface area contributed by atoms with Crippen LogP contribution in [0.4, 0.5) is 0 Å². The summed E-state index contributed by atoms with van der Waals surface area (Å²) in [5, 5.41) is 23.4. The molecule has 6 nitrogen and oxygen atoms in total. The molecule has 0 saturated heterocycles. The summed E-state index contributed by atoms with van der Waals surface area (Å²) in [6, 6.07) is -0.539. The number of nitrogens with one attached hydrogen (secondary N) is 1. The molecule has 2 unspecified atom stereocenters. The van der Waals surface area contributed by atoms with Crippen LogP contribution in [0.1, 0.15) is 444 Å². The van der Waals surface area contributed by atoms with Gasteiger partial charge < -0.3 is 20.3 Å². The van der Waals surface area contributed by atoms with E-state index in [9.17, 15) is 19.8 Å². The van der Waals surface area contributed by atoms with Crippen molar-refractivity contribution in [2.45, 2.75) is 456 Å². The molecule has 0 aliphatic carbocycles. The van der Waals surface area contributed by atoms with E-state index in [0.29, 0.717) is 25.9 Å². The van der Waals surface area contributed by atoms with Crippen LogP contribution in [0.3, 0.4) is 0 Å². The Balaban J connectivity index is 3.33. The Kier molecular flexibility index (Phi) is 70.3. The Hall–Kier alpha value is -1.14. The fourth-order valence-corrected chi connectivity index (χ4v) is 12.4. The van der Waals surface area contributed by atoms with Crippen molar-refractivity contribution in [1.29, 1.82) is 0 Å². The molecule has 0 heterocycles. The van der Waals surface area contributed by atoms with Gasteiger partial charge in [0.2, 0.25) is 5.91 Å². The van der Waals surface area contributed by atoms with Crippen LogP contribution in [0.15, 0.2) is 0 Å². The fraction of sp³-hybridized carbons (Fsp3) is 0.973. The van der Waals surface area contributed by atoms with Crippen LogP contribution in [-0.4, -0.2) is 47.4 Å². The summed E-state index contributed by atoms with van der Waals surface area (Å²) < 4.78 is 5.50. The Morgan fingerprint density at radius 3 is 0.753 bits per heavy atom. The van der Waals surface area contributed by atoms with Gasteiger partial charge in [0, 0.05) is 12.8 Å². The van der Waals surface area contributed by atoms with Gasteiger partial charge in [0.25, 0.3) is 0 Å². The SMILES string of the molecule is CCCCCCCCCCCCCCCCCCCCCCCC(O)C(CO)NC(=O)CCCCCCCCCCCCCCCCCCCCCCCCCCCCCCOC(=O)CCCCCCCCCCCCCCCCC. The van der Waals surface area contributed by atoms with Crippen molar-refractivity contribution in [2.75, 3.05) is 13.2 Å². The molecule has 0 bridgehead atoms. The molecule has 0 saturated carbocycles. The van der Waals surface area contributed by atoms with Gasteiger partial charge in [-0.15, -0.1) is 0 Å². The van der Waals surface area contributed by atoms with E-state index in [4.69, 9.17) is 4.74 Å². The molecular weight excluding hydrogens is 995 g/mol. The number of amides is 1. The Bertz CT molecular complexity index is 1180. The normalized spacial score (nSPS) is 12.4. The maximum Gasteiger partial charge on any atom is 0.305 e. The molecule has 0 rings (SSSR count). The Morgan fingerprint density at radius 2 is 0.506 bits per heavy atom. The number of aliphatic hydroxyl groups is 2.